The first kappa shape index (κ1) is 13.9. The monoisotopic (exact) mass is 305 g/mol. The van der Waals surface area contributed by atoms with Crippen LogP contribution in [0.3, 0.4) is 0 Å². The van der Waals surface area contributed by atoms with Gasteiger partial charge in [-0.15, -0.1) is 11.6 Å². The van der Waals surface area contributed by atoms with Gasteiger partial charge >= 0.3 is 0 Å². The average Bonchev–Trinajstić information content (AvgIpc) is 3.03. The number of ether oxygens (including phenoxy) is 1. The average molecular weight is 306 g/mol. The van der Waals surface area contributed by atoms with E-state index in [1.165, 1.54) is 0 Å². The third kappa shape index (κ3) is 2.58. The summed E-state index contributed by atoms with van der Waals surface area (Å²) in [4.78, 5) is 9.07. The van der Waals surface area contributed by atoms with Crippen molar-refractivity contribution in [3.8, 4) is 5.88 Å². The minimum atomic E-state index is -0.207. The topological polar surface area (TPSA) is 57.8 Å². The summed E-state index contributed by atoms with van der Waals surface area (Å²) in [5, 5.41) is 3.98. The van der Waals surface area contributed by atoms with Crippen molar-refractivity contribution in [2.24, 2.45) is 7.05 Å². The van der Waals surface area contributed by atoms with Gasteiger partial charge in [0.15, 0.2) is 5.65 Å². The van der Waals surface area contributed by atoms with E-state index in [-0.39, 0.29) is 5.38 Å². The number of fused-ring (bicyclic) bond motifs is 1. The molecule has 0 aliphatic rings. The van der Waals surface area contributed by atoms with Crippen LogP contribution in [0.5, 0.6) is 5.88 Å². The van der Waals surface area contributed by atoms with Crippen LogP contribution in [0.2, 0.25) is 0 Å². The van der Waals surface area contributed by atoms with Crippen molar-refractivity contribution >= 4 is 22.8 Å². The van der Waals surface area contributed by atoms with Gasteiger partial charge < -0.3 is 9.30 Å². The Bertz CT molecular complexity index is 777. The molecule has 7 heteroatoms. The van der Waals surface area contributed by atoms with Crippen molar-refractivity contribution in [3.63, 3.8) is 0 Å². The summed E-state index contributed by atoms with van der Waals surface area (Å²) in [7, 11) is 3.49. The smallest absolute Gasteiger partial charge is 0.215 e. The van der Waals surface area contributed by atoms with Gasteiger partial charge in [0, 0.05) is 24.9 Å². The van der Waals surface area contributed by atoms with Gasteiger partial charge in [0.1, 0.15) is 11.3 Å². The number of nitrogens with zero attached hydrogens (tertiary/aromatic N) is 5. The molecule has 0 radical (unpaired) electrons. The van der Waals surface area contributed by atoms with E-state index in [2.05, 4.69) is 15.1 Å². The minimum absolute atomic E-state index is 0.207. The summed E-state index contributed by atoms with van der Waals surface area (Å²) in [5.74, 6) is 1.35. The van der Waals surface area contributed by atoms with E-state index in [0.29, 0.717) is 12.4 Å². The third-order valence-corrected chi connectivity index (χ3v) is 3.46. The van der Waals surface area contributed by atoms with Crippen LogP contribution in [0.15, 0.2) is 24.5 Å². The highest BCUT2D eigenvalue weighted by Gasteiger charge is 2.17. The summed E-state index contributed by atoms with van der Waals surface area (Å²) >= 11 is 6.26. The maximum atomic E-state index is 6.26. The molecule has 0 fully saturated rings. The molecule has 0 aromatic carbocycles. The largest absolute Gasteiger partial charge is 0.481 e. The van der Waals surface area contributed by atoms with Crippen LogP contribution in [0, 0.1) is 0 Å². The van der Waals surface area contributed by atoms with Gasteiger partial charge in [0.05, 0.1) is 25.2 Å². The predicted molar refractivity (Wildman–Crippen MR) is 80.7 cm³/mol. The number of halogens is 1. The highest BCUT2D eigenvalue weighted by atomic mass is 35.5. The molecule has 0 aliphatic carbocycles. The Morgan fingerprint density at radius 1 is 1.33 bits per heavy atom. The van der Waals surface area contributed by atoms with Gasteiger partial charge in [0.25, 0.3) is 0 Å². The highest BCUT2D eigenvalue weighted by Crippen LogP contribution is 2.25. The van der Waals surface area contributed by atoms with E-state index in [4.69, 9.17) is 16.3 Å². The van der Waals surface area contributed by atoms with Crippen molar-refractivity contribution in [2.45, 2.75) is 18.8 Å². The van der Waals surface area contributed by atoms with Gasteiger partial charge in [-0.05, 0) is 13.0 Å². The molecule has 110 valence electrons. The molecular weight excluding hydrogens is 290 g/mol. The Labute approximate surface area is 127 Å². The molecule has 3 aromatic heterocycles. The maximum Gasteiger partial charge on any atom is 0.215 e. The second-order valence-electron chi connectivity index (χ2n) is 4.89. The molecule has 0 bridgehead atoms. The van der Waals surface area contributed by atoms with Crippen LogP contribution in [0.1, 0.15) is 23.7 Å². The third-order valence-electron chi connectivity index (χ3n) is 3.26. The van der Waals surface area contributed by atoms with Gasteiger partial charge in [-0.25, -0.2) is 4.98 Å². The number of hydrogen-bond donors (Lipinski definition) is 0. The Kier molecular flexibility index (Phi) is 3.55. The summed E-state index contributed by atoms with van der Waals surface area (Å²) < 4.78 is 8.98. The zero-order chi connectivity index (χ0) is 15.0. The molecule has 1 unspecified atom stereocenters. The summed E-state index contributed by atoms with van der Waals surface area (Å²) in [6.07, 6.45) is 3.80. The molecule has 21 heavy (non-hydrogen) atoms. The van der Waals surface area contributed by atoms with Crippen LogP contribution in [0.25, 0.3) is 11.2 Å². The molecular formula is C14H16ClN5O. The summed E-state index contributed by atoms with van der Waals surface area (Å²) in [5.41, 5.74) is 2.64. The van der Waals surface area contributed by atoms with Gasteiger partial charge in [-0.2, -0.15) is 10.1 Å². The van der Waals surface area contributed by atoms with Crippen molar-refractivity contribution in [1.82, 2.24) is 24.3 Å². The van der Waals surface area contributed by atoms with E-state index in [0.717, 1.165) is 22.6 Å². The molecule has 3 heterocycles. The summed E-state index contributed by atoms with van der Waals surface area (Å²) in [6, 6.07) is 3.69. The molecule has 0 saturated heterocycles. The maximum absolute atomic E-state index is 6.26. The molecule has 6 nitrogen and oxygen atoms in total. The molecule has 0 amide bonds. The Morgan fingerprint density at radius 3 is 2.76 bits per heavy atom. The van der Waals surface area contributed by atoms with Gasteiger partial charge in [0.2, 0.25) is 5.88 Å². The lowest BCUT2D eigenvalue weighted by Crippen LogP contribution is -2.06. The van der Waals surface area contributed by atoms with Gasteiger partial charge in [-0.1, -0.05) is 0 Å². The number of aryl methyl sites for hydroxylation is 1. The number of rotatable bonds is 4. The zero-order valence-corrected chi connectivity index (χ0v) is 12.9. The van der Waals surface area contributed by atoms with Crippen LogP contribution < -0.4 is 4.74 Å². The minimum Gasteiger partial charge on any atom is -0.481 e. The molecule has 3 aromatic rings. The number of imidazole rings is 1. The standard InChI is InChI=1S/C14H16ClN5O/c1-9(15)13-17-11-4-5-12(21-3)18-14(11)20(13)8-10-6-16-19(2)7-10/h4-7,9H,8H2,1-3H3. The molecule has 0 spiro atoms. The lowest BCUT2D eigenvalue weighted by Gasteiger charge is -2.09. The molecule has 3 rings (SSSR count). The van der Waals surface area contributed by atoms with Gasteiger partial charge in [-0.3, -0.25) is 4.68 Å². The first-order chi connectivity index (χ1) is 10.1. The van der Waals surface area contributed by atoms with Crippen molar-refractivity contribution < 1.29 is 4.74 Å². The summed E-state index contributed by atoms with van der Waals surface area (Å²) in [6.45, 7) is 2.52. The second kappa shape index (κ2) is 5.37. The highest BCUT2D eigenvalue weighted by molar-refractivity contribution is 6.20. The molecule has 1 atom stereocenters. The normalized spacial score (nSPS) is 12.8. The van der Waals surface area contributed by atoms with Crippen LogP contribution in [-0.2, 0) is 13.6 Å². The molecule has 0 N–H and O–H groups in total. The Balaban J connectivity index is 2.14. The van der Waals surface area contributed by atoms with Crippen LogP contribution in [0.4, 0.5) is 0 Å². The lowest BCUT2D eigenvalue weighted by molar-refractivity contribution is 0.399. The molecule has 0 saturated carbocycles. The molecule has 0 aliphatic heterocycles. The van der Waals surface area contributed by atoms with Crippen molar-refractivity contribution in [1.29, 1.82) is 0 Å². The number of methoxy groups -OCH3 is 1. The predicted octanol–water partition coefficient (Wildman–Crippen LogP) is 2.52. The quantitative estimate of drug-likeness (QED) is 0.695. The number of hydrogen-bond acceptors (Lipinski definition) is 4. The van der Waals surface area contributed by atoms with E-state index >= 15 is 0 Å². The number of alkyl halides is 1. The fourth-order valence-corrected chi connectivity index (χ4v) is 2.48. The van der Waals surface area contributed by atoms with E-state index in [1.807, 2.05) is 37.0 Å². The number of aromatic nitrogens is 5. The number of pyridine rings is 1. The fourth-order valence-electron chi connectivity index (χ4n) is 2.31. The van der Waals surface area contributed by atoms with E-state index in [1.54, 1.807) is 17.9 Å². The van der Waals surface area contributed by atoms with E-state index in [9.17, 15) is 0 Å². The zero-order valence-electron chi connectivity index (χ0n) is 12.1. The first-order valence-corrected chi connectivity index (χ1v) is 7.05. The SMILES string of the molecule is COc1ccc2nc(C(C)Cl)n(Cc3cnn(C)c3)c2n1. The van der Waals surface area contributed by atoms with Crippen LogP contribution >= 0.6 is 11.6 Å². The second-order valence-corrected chi connectivity index (χ2v) is 5.55. The van der Waals surface area contributed by atoms with Crippen molar-refractivity contribution in [3.05, 3.63) is 35.9 Å². The lowest BCUT2D eigenvalue weighted by atomic mass is 10.3. The fraction of sp³-hybridized carbons (Fsp3) is 0.357. The van der Waals surface area contributed by atoms with Crippen LogP contribution in [-0.4, -0.2) is 31.4 Å². The Hall–Kier alpha value is -2.08. The van der Waals surface area contributed by atoms with E-state index < -0.39 is 0 Å². The first-order valence-electron chi connectivity index (χ1n) is 6.61. The Morgan fingerprint density at radius 2 is 2.14 bits per heavy atom. The van der Waals surface area contributed by atoms with Crippen molar-refractivity contribution in [2.75, 3.05) is 7.11 Å².